The van der Waals surface area contributed by atoms with E-state index in [-0.39, 0.29) is 0 Å². The van der Waals surface area contributed by atoms with Gasteiger partial charge in [0.05, 0.1) is 10.7 Å². The molecule has 0 radical (unpaired) electrons. The number of aromatic nitrogens is 1. The highest BCUT2D eigenvalue weighted by Gasteiger charge is 1.97. The van der Waals surface area contributed by atoms with Crippen LogP contribution in [0.3, 0.4) is 0 Å². The van der Waals surface area contributed by atoms with Gasteiger partial charge in [-0.2, -0.15) is 0 Å². The number of nitrogens with one attached hydrogen (secondary N) is 1. The third-order valence-electron chi connectivity index (χ3n) is 1.39. The Kier molecular flexibility index (Phi) is 2.93. The Hall–Kier alpha value is -1.48. The molecule has 0 amide bonds. The van der Waals surface area contributed by atoms with Crippen molar-refractivity contribution in [2.45, 2.75) is 0 Å². The van der Waals surface area contributed by atoms with Crippen LogP contribution >= 0.6 is 11.6 Å². The Balaban J connectivity index is 2.70. The lowest BCUT2D eigenvalue weighted by atomic mass is 10.4. The monoisotopic (exact) mass is 195 g/mol. The Labute approximate surface area is 81.9 Å². The van der Waals surface area contributed by atoms with E-state index in [2.05, 4.69) is 23.5 Å². The third-order valence-corrected chi connectivity index (χ3v) is 1.62. The largest absolute Gasteiger partial charge is 0.398 e. The van der Waals surface area contributed by atoms with Gasteiger partial charge in [-0.1, -0.05) is 24.8 Å². The molecule has 1 rings (SSSR count). The number of nitrogens with two attached hydrogens (primary N) is 1. The fraction of sp³-hybridized carbons (Fsp3) is 0. The van der Waals surface area contributed by atoms with Crippen LogP contribution in [0.15, 0.2) is 42.9 Å². The van der Waals surface area contributed by atoms with Crippen LogP contribution in [0.5, 0.6) is 0 Å². The molecule has 0 aliphatic rings. The first-order valence-electron chi connectivity index (χ1n) is 3.62. The van der Waals surface area contributed by atoms with Crippen LogP contribution in [0.2, 0.25) is 5.02 Å². The van der Waals surface area contributed by atoms with E-state index in [1.807, 2.05) is 0 Å². The molecule has 68 valence electrons. The number of hydrogen-bond acceptors (Lipinski definition) is 3. The van der Waals surface area contributed by atoms with Crippen LogP contribution in [0, 0.1) is 0 Å². The van der Waals surface area contributed by atoms with E-state index in [4.69, 9.17) is 17.3 Å². The number of anilines is 1. The predicted molar refractivity (Wildman–Crippen MR) is 55.3 cm³/mol. The smallest absolute Gasteiger partial charge is 0.130 e. The number of nitrogens with zero attached hydrogens (tertiary/aromatic N) is 1. The lowest BCUT2D eigenvalue weighted by Crippen LogP contribution is -2.07. The van der Waals surface area contributed by atoms with E-state index in [0.717, 1.165) is 0 Å². The Bertz CT molecular complexity index is 329. The summed E-state index contributed by atoms with van der Waals surface area (Å²) in [5, 5.41) is 3.47. The maximum absolute atomic E-state index is 5.66. The maximum atomic E-state index is 5.66. The molecule has 0 atom stereocenters. The van der Waals surface area contributed by atoms with Crippen LogP contribution in [-0.4, -0.2) is 4.98 Å². The fourth-order valence-electron chi connectivity index (χ4n) is 0.685. The summed E-state index contributed by atoms with van der Waals surface area (Å²) >= 11 is 5.66. The van der Waals surface area contributed by atoms with Crippen molar-refractivity contribution in [3.63, 3.8) is 0 Å². The SMILES string of the molecule is C=C(N)C(=C)Nc1ccc(Cl)cn1. The zero-order chi connectivity index (χ0) is 9.84. The summed E-state index contributed by atoms with van der Waals surface area (Å²) in [6.45, 7) is 7.19. The molecule has 0 saturated heterocycles. The molecule has 0 aromatic carbocycles. The molecule has 3 nitrogen and oxygen atoms in total. The van der Waals surface area contributed by atoms with Crippen LogP contribution in [-0.2, 0) is 0 Å². The molecule has 1 aromatic rings. The van der Waals surface area contributed by atoms with E-state index < -0.39 is 0 Å². The molecule has 0 saturated carbocycles. The lowest BCUT2D eigenvalue weighted by Gasteiger charge is -2.07. The van der Waals surface area contributed by atoms with Gasteiger partial charge in [-0.15, -0.1) is 0 Å². The molecule has 0 spiro atoms. The van der Waals surface area contributed by atoms with E-state index in [9.17, 15) is 0 Å². The standard InChI is InChI=1S/C9H10ClN3/c1-6(11)7(2)13-9-4-3-8(10)5-12-9/h3-5H,1-2,11H2,(H,12,13). The van der Waals surface area contributed by atoms with Gasteiger partial charge in [-0.3, -0.25) is 0 Å². The summed E-state index contributed by atoms with van der Waals surface area (Å²) in [7, 11) is 0. The van der Waals surface area contributed by atoms with E-state index in [0.29, 0.717) is 22.2 Å². The summed E-state index contributed by atoms with van der Waals surface area (Å²) in [6.07, 6.45) is 1.54. The van der Waals surface area contributed by atoms with Crippen LogP contribution < -0.4 is 11.1 Å². The van der Waals surface area contributed by atoms with Crippen LogP contribution in [0.25, 0.3) is 0 Å². The van der Waals surface area contributed by atoms with Crippen molar-refractivity contribution in [2.24, 2.45) is 5.73 Å². The predicted octanol–water partition coefficient (Wildman–Crippen LogP) is 2.13. The van der Waals surface area contributed by atoms with Gasteiger partial charge in [0.15, 0.2) is 0 Å². The quantitative estimate of drug-likeness (QED) is 0.727. The molecule has 0 bridgehead atoms. The normalized spacial score (nSPS) is 9.31. The summed E-state index contributed by atoms with van der Waals surface area (Å²) in [5.41, 5.74) is 6.33. The van der Waals surface area contributed by atoms with Gasteiger partial charge in [0.1, 0.15) is 5.82 Å². The summed E-state index contributed by atoms with van der Waals surface area (Å²) in [5.74, 6) is 0.640. The maximum Gasteiger partial charge on any atom is 0.130 e. The number of hydrogen-bond donors (Lipinski definition) is 2. The van der Waals surface area contributed by atoms with Gasteiger partial charge in [-0.25, -0.2) is 4.98 Å². The Morgan fingerprint density at radius 1 is 1.46 bits per heavy atom. The number of rotatable bonds is 3. The topological polar surface area (TPSA) is 50.9 Å². The first kappa shape index (κ1) is 9.61. The van der Waals surface area contributed by atoms with Crippen molar-refractivity contribution in [3.05, 3.63) is 47.9 Å². The second-order valence-corrected chi connectivity index (χ2v) is 2.93. The summed E-state index contributed by atoms with van der Waals surface area (Å²) in [6, 6.07) is 3.46. The minimum atomic E-state index is 0.386. The van der Waals surface area contributed by atoms with Crippen molar-refractivity contribution in [1.82, 2.24) is 4.98 Å². The molecule has 0 aliphatic heterocycles. The molecule has 3 N–H and O–H groups in total. The molecular formula is C9H10ClN3. The first-order chi connectivity index (χ1) is 6.09. The number of pyridine rings is 1. The average Bonchev–Trinajstić information content (AvgIpc) is 2.08. The van der Waals surface area contributed by atoms with Crippen LogP contribution in [0.4, 0.5) is 5.82 Å². The zero-order valence-electron chi connectivity index (χ0n) is 7.05. The highest BCUT2D eigenvalue weighted by molar-refractivity contribution is 6.30. The molecule has 0 fully saturated rings. The number of halogens is 1. The second kappa shape index (κ2) is 3.96. The van der Waals surface area contributed by atoms with Gasteiger partial charge < -0.3 is 11.1 Å². The molecule has 4 heteroatoms. The fourth-order valence-corrected chi connectivity index (χ4v) is 0.796. The van der Waals surface area contributed by atoms with Crippen molar-refractivity contribution in [2.75, 3.05) is 5.32 Å². The third kappa shape index (κ3) is 2.80. The van der Waals surface area contributed by atoms with E-state index in [1.165, 1.54) is 6.20 Å². The minimum absolute atomic E-state index is 0.386. The molecule has 13 heavy (non-hydrogen) atoms. The minimum Gasteiger partial charge on any atom is -0.398 e. The molecule has 0 unspecified atom stereocenters. The van der Waals surface area contributed by atoms with E-state index in [1.54, 1.807) is 12.1 Å². The van der Waals surface area contributed by atoms with E-state index >= 15 is 0 Å². The van der Waals surface area contributed by atoms with Gasteiger partial charge >= 0.3 is 0 Å². The summed E-state index contributed by atoms with van der Waals surface area (Å²) in [4.78, 5) is 4.00. The Morgan fingerprint density at radius 3 is 2.62 bits per heavy atom. The molecular weight excluding hydrogens is 186 g/mol. The Morgan fingerprint density at radius 2 is 2.15 bits per heavy atom. The molecule has 1 heterocycles. The molecule has 0 aliphatic carbocycles. The van der Waals surface area contributed by atoms with Crippen molar-refractivity contribution in [1.29, 1.82) is 0 Å². The van der Waals surface area contributed by atoms with Crippen LogP contribution in [0.1, 0.15) is 0 Å². The van der Waals surface area contributed by atoms with Crippen molar-refractivity contribution in [3.8, 4) is 0 Å². The second-order valence-electron chi connectivity index (χ2n) is 2.49. The van der Waals surface area contributed by atoms with Gasteiger partial charge in [0.25, 0.3) is 0 Å². The molecule has 1 aromatic heterocycles. The van der Waals surface area contributed by atoms with Gasteiger partial charge in [0.2, 0.25) is 0 Å². The van der Waals surface area contributed by atoms with Gasteiger partial charge in [-0.05, 0) is 12.1 Å². The lowest BCUT2D eigenvalue weighted by molar-refractivity contribution is 1.25. The van der Waals surface area contributed by atoms with Crippen molar-refractivity contribution < 1.29 is 0 Å². The first-order valence-corrected chi connectivity index (χ1v) is 3.99. The summed E-state index contributed by atoms with van der Waals surface area (Å²) < 4.78 is 0. The van der Waals surface area contributed by atoms with Crippen molar-refractivity contribution >= 4 is 17.4 Å². The van der Waals surface area contributed by atoms with Gasteiger partial charge in [0, 0.05) is 11.9 Å². The highest BCUT2D eigenvalue weighted by atomic mass is 35.5. The average molecular weight is 196 g/mol. The highest BCUT2D eigenvalue weighted by Crippen LogP contribution is 2.11. The zero-order valence-corrected chi connectivity index (χ0v) is 7.80.